The number of carbonyl (C=O) groups is 1. The van der Waals surface area contributed by atoms with Crippen LogP contribution in [0.15, 0.2) is 28.7 Å². The van der Waals surface area contributed by atoms with Crippen LogP contribution in [0.2, 0.25) is 0 Å². The number of anilines is 1. The third-order valence-corrected chi connectivity index (χ3v) is 2.73. The molecule has 1 fully saturated rings. The van der Waals surface area contributed by atoms with E-state index in [0.717, 1.165) is 10.2 Å². The molecule has 1 aromatic carbocycles. The Labute approximate surface area is 97.1 Å². The van der Waals surface area contributed by atoms with Crippen LogP contribution in [0.3, 0.4) is 0 Å². The summed E-state index contributed by atoms with van der Waals surface area (Å²) in [5, 5.41) is 1.37. The second-order valence-corrected chi connectivity index (χ2v) is 5.11. The van der Waals surface area contributed by atoms with Gasteiger partial charge in [0.05, 0.1) is 12.1 Å². The molecule has 0 unspecified atom stereocenters. The number of amides is 1. The minimum absolute atomic E-state index is 0.00215. The molecule has 1 amide bonds. The van der Waals surface area contributed by atoms with E-state index < -0.39 is 5.60 Å². The maximum Gasteiger partial charge on any atom is 0.253 e. The number of halogens is 1. The van der Waals surface area contributed by atoms with Crippen LogP contribution in [0.4, 0.5) is 5.69 Å². The average Bonchev–Trinajstić information content (AvgIpc) is 2.41. The van der Waals surface area contributed by atoms with Gasteiger partial charge in [0.25, 0.3) is 5.91 Å². The summed E-state index contributed by atoms with van der Waals surface area (Å²) in [6, 6.07) is 7.47. The molecule has 15 heavy (non-hydrogen) atoms. The van der Waals surface area contributed by atoms with Gasteiger partial charge in [-0.3, -0.25) is 9.63 Å². The standard InChI is InChI=1S/C11H12BrNO2/c1-11(2)7-10(14)13(15-11)9-5-3-8(12)4-6-9/h3-6H,7H2,1-2H3. The number of rotatable bonds is 1. The van der Waals surface area contributed by atoms with Gasteiger partial charge in [0.2, 0.25) is 0 Å². The van der Waals surface area contributed by atoms with Gasteiger partial charge >= 0.3 is 0 Å². The molecule has 1 heterocycles. The normalized spacial score (nSPS) is 19.7. The first-order valence-electron chi connectivity index (χ1n) is 4.76. The van der Waals surface area contributed by atoms with Crippen molar-refractivity contribution < 1.29 is 9.63 Å². The Hall–Kier alpha value is -0.870. The fourth-order valence-electron chi connectivity index (χ4n) is 1.54. The summed E-state index contributed by atoms with van der Waals surface area (Å²) in [6.45, 7) is 3.81. The first-order chi connectivity index (χ1) is 6.98. The van der Waals surface area contributed by atoms with Crippen molar-refractivity contribution in [3.05, 3.63) is 28.7 Å². The molecule has 0 N–H and O–H groups in total. The van der Waals surface area contributed by atoms with E-state index in [0.29, 0.717) is 6.42 Å². The van der Waals surface area contributed by atoms with E-state index in [4.69, 9.17) is 4.84 Å². The van der Waals surface area contributed by atoms with Gasteiger partial charge in [0.15, 0.2) is 0 Å². The zero-order chi connectivity index (χ0) is 11.1. The fraction of sp³-hybridized carbons (Fsp3) is 0.364. The molecule has 0 bridgehead atoms. The molecule has 3 nitrogen and oxygen atoms in total. The summed E-state index contributed by atoms with van der Waals surface area (Å²) in [4.78, 5) is 17.2. The van der Waals surface area contributed by atoms with Gasteiger partial charge < -0.3 is 0 Å². The van der Waals surface area contributed by atoms with E-state index in [1.54, 1.807) is 0 Å². The van der Waals surface area contributed by atoms with Crippen LogP contribution in [0.5, 0.6) is 0 Å². The predicted octanol–water partition coefficient (Wildman–Crippen LogP) is 2.90. The average molecular weight is 270 g/mol. The maximum atomic E-state index is 11.7. The SMILES string of the molecule is CC1(C)CC(=O)N(c2ccc(Br)cc2)O1. The molecular weight excluding hydrogens is 258 g/mol. The zero-order valence-electron chi connectivity index (χ0n) is 8.66. The van der Waals surface area contributed by atoms with Crippen LogP contribution < -0.4 is 5.06 Å². The smallest absolute Gasteiger partial charge is 0.253 e. The van der Waals surface area contributed by atoms with Crippen LogP contribution in [-0.4, -0.2) is 11.5 Å². The minimum atomic E-state index is -0.399. The molecule has 80 valence electrons. The predicted molar refractivity (Wildman–Crippen MR) is 61.4 cm³/mol. The lowest BCUT2D eigenvalue weighted by Gasteiger charge is -2.19. The highest BCUT2D eigenvalue weighted by Gasteiger charge is 2.38. The quantitative estimate of drug-likeness (QED) is 0.785. The van der Waals surface area contributed by atoms with Crippen molar-refractivity contribution in [1.29, 1.82) is 0 Å². The van der Waals surface area contributed by atoms with E-state index in [9.17, 15) is 4.79 Å². The number of nitrogens with zero attached hydrogens (tertiary/aromatic N) is 1. The summed E-state index contributed by atoms with van der Waals surface area (Å²) in [5.74, 6) is 0.00215. The molecule has 0 aromatic heterocycles. The number of hydroxylamine groups is 1. The molecule has 1 saturated heterocycles. The Bertz CT molecular complexity index is 386. The number of carbonyl (C=O) groups excluding carboxylic acids is 1. The van der Waals surface area contributed by atoms with Crippen molar-refractivity contribution in [2.75, 3.05) is 5.06 Å². The van der Waals surface area contributed by atoms with Gasteiger partial charge in [-0.15, -0.1) is 0 Å². The van der Waals surface area contributed by atoms with E-state index in [2.05, 4.69) is 15.9 Å². The third kappa shape index (κ3) is 2.21. The van der Waals surface area contributed by atoms with Crippen molar-refractivity contribution in [2.24, 2.45) is 0 Å². The molecule has 0 spiro atoms. The number of benzene rings is 1. The van der Waals surface area contributed by atoms with Gasteiger partial charge in [-0.05, 0) is 38.1 Å². The Morgan fingerprint density at radius 1 is 1.33 bits per heavy atom. The van der Waals surface area contributed by atoms with E-state index in [1.165, 1.54) is 5.06 Å². The molecule has 1 aliphatic rings. The summed E-state index contributed by atoms with van der Waals surface area (Å²) in [6.07, 6.45) is 0.420. The summed E-state index contributed by atoms with van der Waals surface area (Å²) in [5.41, 5.74) is 0.373. The Balaban J connectivity index is 2.25. The largest absolute Gasteiger partial charge is 0.272 e. The van der Waals surface area contributed by atoms with Crippen molar-refractivity contribution in [3.63, 3.8) is 0 Å². The Kier molecular flexibility index (Phi) is 2.56. The van der Waals surface area contributed by atoms with E-state index >= 15 is 0 Å². The first-order valence-corrected chi connectivity index (χ1v) is 5.55. The second kappa shape index (κ2) is 3.61. The molecule has 0 atom stereocenters. The van der Waals surface area contributed by atoms with Crippen LogP contribution in [0, 0.1) is 0 Å². The van der Waals surface area contributed by atoms with Crippen molar-refractivity contribution in [2.45, 2.75) is 25.9 Å². The van der Waals surface area contributed by atoms with Crippen molar-refractivity contribution in [1.82, 2.24) is 0 Å². The van der Waals surface area contributed by atoms with Gasteiger partial charge in [-0.25, -0.2) is 0 Å². The summed E-state index contributed by atoms with van der Waals surface area (Å²) >= 11 is 3.35. The van der Waals surface area contributed by atoms with E-state index in [-0.39, 0.29) is 5.91 Å². The van der Waals surface area contributed by atoms with Gasteiger partial charge in [0, 0.05) is 4.47 Å². The lowest BCUT2D eigenvalue weighted by atomic mass is 10.1. The second-order valence-electron chi connectivity index (χ2n) is 4.19. The number of hydrogen-bond donors (Lipinski definition) is 0. The summed E-state index contributed by atoms with van der Waals surface area (Å²) < 4.78 is 0.983. The fourth-order valence-corrected chi connectivity index (χ4v) is 1.80. The van der Waals surface area contributed by atoms with Gasteiger partial charge in [-0.2, -0.15) is 5.06 Å². The number of hydrogen-bond acceptors (Lipinski definition) is 2. The Morgan fingerprint density at radius 3 is 2.40 bits per heavy atom. The monoisotopic (exact) mass is 269 g/mol. The van der Waals surface area contributed by atoms with Crippen molar-refractivity contribution >= 4 is 27.5 Å². The minimum Gasteiger partial charge on any atom is -0.272 e. The highest BCUT2D eigenvalue weighted by molar-refractivity contribution is 9.10. The van der Waals surface area contributed by atoms with Crippen LogP contribution in [0.1, 0.15) is 20.3 Å². The van der Waals surface area contributed by atoms with Gasteiger partial charge in [0.1, 0.15) is 5.60 Å². The maximum absolute atomic E-state index is 11.7. The Morgan fingerprint density at radius 2 is 1.93 bits per heavy atom. The molecule has 0 radical (unpaired) electrons. The van der Waals surface area contributed by atoms with Gasteiger partial charge in [-0.1, -0.05) is 15.9 Å². The molecule has 4 heteroatoms. The zero-order valence-corrected chi connectivity index (χ0v) is 10.2. The molecule has 0 saturated carbocycles. The lowest BCUT2D eigenvalue weighted by Crippen LogP contribution is -2.25. The molecule has 1 aromatic rings. The molecule has 2 rings (SSSR count). The summed E-state index contributed by atoms with van der Waals surface area (Å²) in [7, 11) is 0. The first kappa shape index (κ1) is 10.6. The van der Waals surface area contributed by atoms with Crippen LogP contribution in [0.25, 0.3) is 0 Å². The molecule has 1 aliphatic heterocycles. The van der Waals surface area contributed by atoms with Crippen LogP contribution >= 0.6 is 15.9 Å². The third-order valence-electron chi connectivity index (χ3n) is 2.20. The molecule has 0 aliphatic carbocycles. The lowest BCUT2D eigenvalue weighted by molar-refractivity contribution is -0.119. The highest BCUT2D eigenvalue weighted by Crippen LogP contribution is 2.30. The van der Waals surface area contributed by atoms with E-state index in [1.807, 2.05) is 38.1 Å². The highest BCUT2D eigenvalue weighted by atomic mass is 79.9. The molecular formula is C11H12BrNO2. The topological polar surface area (TPSA) is 29.5 Å². The van der Waals surface area contributed by atoms with Crippen LogP contribution in [-0.2, 0) is 9.63 Å². The van der Waals surface area contributed by atoms with Crippen molar-refractivity contribution in [3.8, 4) is 0 Å².